The molecule has 2 N–H and O–H groups in total. The Bertz CT molecular complexity index is 765. The Kier molecular flexibility index (Phi) is 5.39. The summed E-state index contributed by atoms with van der Waals surface area (Å²) in [4.78, 5) is 26.6. The standard InChI is InChI=1S/C16H18ClN3O3/c1-4-23-16(22)14-12(8-18-20-15(21)9(2)3)11-6-5-10(17)7-13(11)19-14/h5-9,19H,4H2,1-3H3,(H,20,21)/b18-8+. The van der Waals surface area contributed by atoms with E-state index in [1.807, 2.05) is 0 Å². The van der Waals surface area contributed by atoms with Crippen LogP contribution in [-0.4, -0.2) is 29.7 Å². The molecule has 0 unspecified atom stereocenters. The van der Waals surface area contributed by atoms with Crippen molar-refractivity contribution in [1.82, 2.24) is 10.4 Å². The Labute approximate surface area is 138 Å². The van der Waals surface area contributed by atoms with Crippen LogP contribution in [0.3, 0.4) is 0 Å². The fraction of sp³-hybridized carbons (Fsp3) is 0.312. The van der Waals surface area contributed by atoms with Gasteiger partial charge in [0, 0.05) is 27.4 Å². The number of nitrogens with zero attached hydrogens (tertiary/aromatic N) is 1. The van der Waals surface area contributed by atoms with Crippen molar-refractivity contribution >= 4 is 40.6 Å². The summed E-state index contributed by atoms with van der Waals surface area (Å²) in [6.07, 6.45) is 1.43. The van der Waals surface area contributed by atoms with Gasteiger partial charge in [0.1, 0.15) is 5.69 Å². The Morgan fingerprint density at radius 3 is 2.83 bits per heavy atom. The molecule has 0 saturated carbocycles. The van der Waals surface area contributed by atoms with Crippen molar-refractivity contribution < 1.29 is 14.3 Å². The fourth-order valence-electron chi connectivity index (χ4n) is 1.98. The van der Waals surface area contributed by atoms with Gasteiger partial charge in [-0.3, -0.25) is 4.79 Å². The fourth-order valence-corrected chi connectivity index (χ4v) is 2.15. The smallest absolute Gasteiger partial charge is 0.355 e. The van der Waals surface area contributed by atoms with Crippen LogP contribution >= 0.6 is 11.6 Å². The normalized spacial score (nSPS) is 11.3. The second kappa shape index (κ2) is 7.28. The summed E-state index contributed by atoms with van der Waals surface area (Å²) < 4.78 is 5.04. The summed E-state index contributed by atoms with van der Waals surface area (Å²) >= 11 is 5.97. The molecule has 1 aromatic heterocycles. The van der Waals surface area contributed by atoms with Crippen molar-refractivity contribution in [3.8, 4) is 0 Å². The van der Waals surface area contributed by atoms with Crippen molar-refractivity contribution in [3.63, 3.8) is 0 Å². The van der Waals surface area contributed by atoms with Gasteiger partial charge < -0.3 is 9.72 Å². The molecule has 2 rings (SSSR count). The molecule has 0 saturated heterocycles. The maximum atomic E-state index is 12.1. The molecule has 2 aromatic rings. The number of benzene rings is 1. The molecule has 0 spiro atoms. The lowest BCUT2D eigenvalue weighted by Crippen LogP contribution is -2.22. The maximum absolute atomic E-state index is 12.1. The number of aromatic nitrogens is 1. The van der Waals surface area contributed by atoms with E-state index < -0.39 is 5.97 Å². The lowest BCUT2D eigenvalue weighted by atomic mass is 10.1. The minimum absolute atomic E-state index is 0.182. The van der Waals surface area contributed by atoms with Crippen molar-refractivity contribution in [3.05, 3.63) is 34.5 Å². The predicted molar refractivity (Wildman–Crippen MR) is 89.8 cm³/mol. The largest absolute Gasteiger partial charge is 0.461 e. The summed E-state index contributed by atoms with van der Waals surface area (Å²) in [6.45, 7) is 5.52. The van der Waals surface area contributed by atoms with E-state index in [0.29, 0.717) is 16.1 Å². The van der Waals surface area contributed by atoms with Gasteiger partial charge in [-0.05, 0) is 19.1 Å². The number of amides is 1. The van der Waals surface area contributed by atoms with Crippen LogP contribution in [-0.2, 0) is 9.53 Å². The highest BCUT2D eigenvalue weighted by atomic mass is 35.5. The number of esters is 1. The highest BCUT2D eigenvalue weighted by molar-refractivity contribution is 6.31. The number of fused-ring (bicyclic) bond motifs is 1. The van der Waals surface area contributed by atoms with Crippen LogP contribution < -0.4 is 5.43 Å². The van der Waals surface area contributed by atoms with Crippen LogP contribution in [0.1, 0.15) is 36.8 Å². The minimum Gasteiger partial charge on any atom is -0.461 e. The average Bonchev–Trinajstić information content (AvgIpc) is 2.85. The molecule has 0 bridgehead atoms. The lowest BCUT2D eigenvalue weighted by Gasteiger charge is -2.02. The number of ether oxygens (including phenoxy) is 1. The zero-order valence-electron chi connectivity index (χ0n) is 13.1. The number of aromatic amines is 1. The Morgan fingerprint density at radius 2 is 2.17 bits per heavy atom. The van der Waals surface area contributed by atoms with Gasteiger partial charge in [0.25, 0.3) is 0 Å². The van der Waals surface area contributed by atoms with Gasteiger partial charge in [-0.15, -0.1) is 0 Å². The van der Waals surface area contributed by atoms with Crippen molar-refractivity contribution in [2.45, 2.75) is 20.8 Å². The number of halogens is 1. The summed E-state index contributed by atoms with van der Waals surface area (Å²) in [6, 6.07) is 5.21. The number of rotatable bonds is 5. The first-order chi connectivity index (χ1) is 10.9. The van der Waals surface area contributed by atoms with E-state index in [4.69, 9.17) is 16.3 Å². The first kappa shape index (κ1) is 17.0. The number of hydrogen-bond donors (Lipinski definition) is 2. The van der Waals surface area contributed by atoms with E-state index in [2.05, 4.69) is 15.5 Å². The van der Waals surface area contributed by atoms with Gasteiger partial charge in [0.15, 0.2) is 0 Å². The summed E-state index contributed by atoms with van der Waals surface area (Å²) in [7, 11) is 0. The van der Waals surface area contributed by atoms with Gasteiger partial charge >= 0.3 is 5.97 Å². The van der Waals surface area contributed by atoms with Gasteiger partial charge in [-0.2, -0.15) is 5.10 Å². The lowest BCUT2D eigenvalue weighted by molar-refractivity contribution is -0.123. The SMILES string of the molecule is CCOC(=O)c1[nH]c2cc(Cl)ccc2c1/C=N/NC(=O)C(C)C. The van der Waals surface area contributed by atoms with Crippen LogP contribution in [0.15, 0.2) is 23.3 Å². The van der Waals surface area contributed by atoms with Gasteiger partial charge in [0.2, 0.25) is 5.91 Å². The molecular weight excluding hydrogens is 318 g/mol. The topological polar surface area (TPSA) is 83.6 Å². The molecule has 1 aromatic carbocycles. The molecular formula is C16H18ClN3O3. The number of carbonyl (C=O) groups is 2. The predicted octanol–water partition coefficient (Wildman–Crippen LogP) is 3.10. The Balaban J connectivity index is 2.42. The zero-order valence-corrected chi connectivity index (χ0v) is 13.9. The number of carbonyl (C=O) groups excluding carboxylic acids is 2. The second-order valence-corrected chi connectivity index (χ2v) is 5.65. The van der Waals surface area contributed by atoms with Crippen molar-refractivity contribution in [1.29, 1.82) is 0 Å². The zero-order chi connectivity index (χ0) is 17.0. The first-order valence-corrected chi connectivity index (χ1v) is 7.63. The Morgan fingerprint density at radius 1 is 1.43 bits per heavy atom. The van der Waals surface area contributed by atoms with E-state index >= 15 is 0 Å². The van der Waals surface area contributed by atoms with Crippen LogP contribution in [0.2, 0.25) is 5.02 Å². The molecule has 23 heavy (non-hydrogen) atoms. The van der Waals surface area contributed by atoms with E-state index in [-0.39, 0.29) is 24.1 Å². The molecule has 0 radical (unpaired) electrons. The quantitative estimate of drug-likeness (QED) is 0.500. The molecule has 0 aliphatic rings. The Hall–Kier alpha value is -2.34. The number of H-pyrrole nitrogens is 1. The van der Waals surface area contributed by atoms with Gasteiger partial charge in [-0.25, -0.2) is 10.2 Å². The highest BCUT2D eigenvalue weighted by Gasteiger charge is 2.18. The second-order valence-electron chi connectivity index (χ2n) is 5.21. The summed E-state index contributed by atoms with van der Waals surface area (Å²) in [5.74, 6) is -0.878. The van der Waals surface area contributed by atoms with Crippen LogP contribution in [0.4, 0.5) is 0 Å². The summed E-state index contributed by atoms with van der Waals surface area (Å²) in [5.41, 5.74) is 3.94. The van der Waals surface area contributed by atoms with Crippen LogP contribution in [0, 0.1) is 5.92 Å². The summed E-state index contributed by atoms with van der Waals surface area (Å²) in [5, 5.41) is 5.24. The molecule has 0 atom stereocenters. The molecule has 0 fully saturated rings. The van der Waals surface area contributed by atoms with Crippen LogP contribution in [0.5, 0.6) is 0 Å². The maximum Gasteiger partial charge on any atom is 0.355 e. The third kappa shape index (κ3) is 3.90. The van der Waals surface area contributed by atoms with Crippen molar-refractivity contribution in [2.75, 3.05) is 6.61 Å². The highest BCUT2D eigenvalue weighted by Crippen LogP contribution is 2.24. The molecule has 6 nitrogen and oxygen atoms in total. The molecule has 122 valence electrons. The molecule has 0 aliphatic heterocycles. The monoisotopic (exact) mass is 335 g/mol. The average molecular weight is 336 g/mol. The van der Waals surface area contributed by atoms with E-state index in [1.165, 1.54) is 6.21 Å². The number of nitrogens with one attached hydrogen (secondary N) is 2. The van der Waals surface area contributed by atoms with E-state index in [0.717, 1.165) is 5.39 Å². The molecule has 7 heteroatoms. The van der Waals surface area contributed by atoms with E-state index in [9.17, 15) is 9.59 Å². The third-order valence-corrected chi connectivity index (χ3v) is 3.41. The molecule has 1 amide bonds. The van der Waals surface area contributed by atoms with Crippen LogP contribution in [0.25, 0.3) is 10.9 Å². The first-order valence-electron chi connectivity index (χ1n) is 7.25. The molecule has 1 heterocycles. The minimum atomic E-state index is -0.489. The third-order valence-electron chi connectivity index (χ3n) is 3.17. The van der Waals surface area contributed by atoms with Gasteiger partial charge in [0.05, 0.1) is 12.8 Å². The molecule has 0 aliphatic carbocycles. The van der Waals surface area contributed by atoms with Gasteiger partial charge in [-0.1, -0.05) is 31.5 Å². The van der Waals surface area contributed by atoms with E-state index in [1.54, 1.807) is 39.0 Å². The number of hydrazone groups is 1. The van der Waals surface area contributed by atoms with Crippen molar-refractivity contribution in [2.24, 2.45) is 11.0 Å². The number of hydrogen-bond acceptors (Lipinski definition) is 4.